The van der Waals surface area contributed by atoms with Crippen LogP contribution in [0, 0.1) is 0 Å². The summed E-state index contributed by atoms with van der Waals surface area (Å²) in [7, 11) is 0. The van der Waals surface area contributed by atoms with E-state index in [1.807, 2.05) is 0 Å². The van der Waals surface area contributed by atoms with E-state index in [0.717, 1.165) is 0 Å². The normalized spacial score (nSPS) is 30.6. The molecular weight excluding hydrogens is 414 g/mol. The van der Waals surface area contributed by atoms with E-state index in [2.05, 4.69) is 9.47 Å². The second-order valence-corrected chi connectivity index (χ2v) is 4.58. The van der Waals surface area contributed by atoms with Gasteiger partial charge in [-0.3, -0.25) is 9.47 Å². The first-order valence-corrected chi connectivity index (χ1v) is 5.91. The van der Waals surface area contributed by atoms with Gasteiger partial charge in [0, 0.05) is 10.8 Å². The number of alkyl halides is 10. The van der Waals surface area contributed by atoms with Crippen molar-refractivity contribution in [2.75, 3.05) is 4.43 Å². The Morgan fingerprint density at radius 2 is 1.26 bits per heavy atom. The molecule has 1 aliphatic rings. The minimum absolute atomic E-state index is 0.515. The summed E-state index contributed by atoms with van der Waals surface area (Å²) in [4.78, 5) is 0. The second kappa shape index (κ2) is 4.51. The van der Waals surface area contributed by atoms with Gasteiger partial charge in [-0.05, 0) is 0 Å². The Morgan fingerprint density at radius 3 is 1.53 bits per heavy atom. The zero-order valence-corrected chi connectivity index (χ0v) is 10.7. The molecule has 2 nitrogen and oxygen atoms in total. The van der Waals surface area contributed by atoms with Crippen LogP contribution < -0.4 is 0 Å². The first-order chi connectivity index (χ1) is 8.22. The van der Waals surface area contributed by atoms with Crippen LogP contribution >= 0.6 is 22.6 Å². The fraction of sp³-hybridized carbons (Fsp3) is 1.00. The second-order valence-electron chi connectivity index (χ2n) is 3.50. The summed E-state index contributed by atoms with van der Waals surface area (Å²) in [5.74, 6) is -10.2. The predicted molar refractivity (Wildman–Crippen MR) is 49.3 cm³/mol. The molecule has 0 aromatic heterocycles. The predicted octanol–water partition coefficient (Wildman–Crippen LogP) is 3.94. The maximum atomic E-state index is 13.5. The highest BCUT2D eigenvalue weighted by atomic mass is 127. The summed E-state index contributed by atoms with van der Waals surface area (Å²) < 4.78 is 119. The summed E-state index contributed by atoms with van der Waals surface area (Å²) in [5, 5.41) is 0. The van der Waals surface area contributed by atoms with Crippen molar-refractivity contribution in [1.82, 2.24) is 0 Å². The molecule has 12 heteroatoms. The lowest BCUT2D eigenvalue weighted by atomic mass is 10.2. The van der Waals surface area contributed by atoms with Crippen molar-refractivity contribution in [3.63, 3.8) is 0 Å². The number of hydrogen-bond acceptors (Lipinski definition) is 2. The third-order valence-corrected chi connectivity index (χ3v) is 2.71. The van der Waals surface area contributed by atoms with Gasteiger partial charge in [-0.1, -0.05) is 22.6 Å². The molecule has 1 fully saturated rings. The van der Waals surface area contributed by atoms with Gasteiger partial charge >= 0.3 is 30.1 Å². The molecule has 0 saturated carbocycles. The molecule has 0 aromatic rings. The largest absolute Gasteiger partial charge is 0.453 e. The van der Waals surface area contributed by atoms with Crippen LogP contribution in [-0.4, -0.2) is 34.5 Å². The summed E-state index contributed by atoms with van der Waals surface area (Å²) in [6.07, 6.45) is -19.6. The van der Waals surface area contributed by atoms with Crippen LogP contribution in [0.4, 0.5) is 39.5 Å². The molecule has 0 spiro atoms. The molecule has 0 bridgehead atoms. The van der Waals surface area contributed by atoms with E-state index >= 15 is 0 Å². The quantitative estimate of drug-likeness (QED) is 0.385. The van der Waals surface area contributed by atoms with Crippen LogP contribution in [0.15, 0.2) is 0 Å². The van der Waals surface area contributed by atoms with Gasteiger partial charge in [0.25, 0.3) is 0 Å². The smallest absolute Gasteiger partial charge is 0.290 e. The van der Waals surface area contributed by atoms with Crippen molar-refractivity contribution in [2.45, 2.75) is 36.5 Å². The molecule has 1 unspecified atom stereocenters. The highest BCUT2D eigenvalue weighted by molar-refractivity contribution is 14.1. The molecule has 1 heterocycles. The Hall–Kier alpha value is 0.0200. The van der Waals surface area contributed by atoms with Crippen LogP contribution in [0.1, 0.15) is 6.42 Å². The molecule has 1 rings (SSSR count). The van der Waals surface area contributed by atoms with Gasteiger partial charge in [-0.25, -0.2) is 4.39 Å². The Labute approximate surface area is 113 Å². The maximum absolute atomic E-state index is 13.5. The fourth-order valence-corrected chi connectivity index (χ4v) is 1.97. The molecule has 114 valence electrons. The molecule has 0 amide bonds. The standard InChI is InChI=1S/C7H4F9IO2/c8-3(1-2-17)7(15,16)19-4(18-3,5(9,10)11)6(12,13)14/h1-2H2. The molecule has 1 saturated heterocycles. The van der Waals surface area contributed by atoms with Gasteiger partial charge in [-0.15, -0.1) is 0 Å². The van der Waals surface area contributed by atoms with E-state index in [9.17, 15) is 39.5 Å². The van der Waals surface area contributed by atoms with Gasteiger partial charge < -0.3 is 0 Å². The summed E-state index contributed by atoms with van der Waals surface area (Å²) in [5.41, 5.74) is 0. The Kier molecular flexibility index (Phi) is 4.05. The monoisotopic (exact) mass is 418 g/mol. The van der Waals surface area contributed by atoms with E-state index < -0.39 is 41.0 Å². The number of ether oxygens (including phenoxy) is 2. The van der Waals surface area contributed by atoms with Crippen molar-refractivity contribution >= 4 is 22.6 Å². The van der Waals surface area contributed by atoms with E-state index in [-0.39, 0.29) is 0 Å². The minimum atomic E-state index is -6.42. The van der Waals surface area contributed by atoms with Gasteiger partial charge in [0.1, 0.15) is 0 Å². The molecule has 19 heavy (non-hydrogen) atoms. The molecule has 0 radical (unpaired) electrons. The third-order valence-electron chi connectivity index (χ3n) is 2.17. The topological polar surface area (TPSA) is 18.5 Å². The van der Waals surface area contributed by atoms with Crippen molar-refractivity contribution in [2.24, 2.45) is 0 Å². The van der Waals surface area contributed by atoms with Crippen molar-refractivity contribution in [3.05, 3.63) is 0 Å². The van der Waals surface area contributed by atoms with Gasteiger partial charge in [0.2, 0.25) is 0 Å². The zero-order chi connectivity index (χ0) is 15.3. The average molecular weight is 418 g/mol. The summed E-state index contributed by atoms with van der Waals surface area (Å²) in [6.45, 7) is 0. The van der Waals surface area contributed by atoms with Crippen LogP contribution in [0.5, 0.6) is 0 Å². The van der Waals surface area contributed by atoms with Crippen molar-refractivity contribution in [1.29, 1.82) is 0 Å². The zero-order valence-electron chi connectivity index (χ0n) is 8.51. The maximum Gasteiger partial charge on any atom is 0.453 e. The fourth-order valence-electron chi connectivity index (χ4n) is 1.28. The highest BCUT2D eigenvalue weighted by Gasteiger charge is 2.87. The van der Waals surface area contributed by atoms with Crippen molar-refractivity contribution in [3.8, 4) is 0 Å². The number of halogens is 10. The molecule has 0 aliphatic carbocycles. The van der Waals surface area contributed by atoms with Crippen LogP contribution in [0.25, 0.3) is 0 Å². The number of rotatable bonds is 2. The molecule has 1 atom stereocenters. The average Bonchev–Trinajstić information content (AvgIpc) is 2.33. The van der Waals surface area contributed by atoms with Crippen molar-refractivity contribution < 1.29 is 49.0 Å². The Bertz CT molecular complexity index is 337. The minimum Gasteiger partial charge on any atom is -0.290 e. The lowest BCUT2D eigenvalue weighted by Crippen LogP contribution is -2.58. The van der Waals surface area contributed by atoms with Gasteiger partial charge in [-0.2, -0.15) is 35.1 Å². The highest BCUT2D eigenvalue weighted by Crippen LogP contribution is 2.60. The van der Waals surface area contributed by atoms with E-state index in [4.69, 9.17) is 0 Å². The molecule has 0 aromatic carbocycles. The van der Waals surface area contributed by atoms with Crippen LogP contribution in [0.3, 0.4) is 0 Å². The third kappa shape index (κ3) is 2.50. The van der Waals surface area contributed by atoms with E-state index in [1.54, 1.807) is 0 Å². The summed E-state index contributed by atoms with van der Waals surface area (Å²) in [6, 6.07) is 0. The Balaban J connectivity index is 3.35. The van der Waals surface area contributed by atoms with E-state index in [1.165, 1.54) is 22.6 Å². The van der Waals surface area contributed by atoms with Crippen LogP contribution in [-0.2, 0) is 9.47 Å². The Morgan fingerprint density at radius 1 is 0.842 bits per heavy atom. The molecule has 1 aliphatic heterocycles. The number of hydrogen-bond donors (Lipinski definition) is 0. The van der Waals surface area contributed by atoms with Gasteiger partial charge in [0.15, 0.2) is 0 Å². The van der Waals surface area contributed by atoms with Crippen LogP contribution in [0.2, 0.25) is 0 Å². The lowest BCUT2D eigenvalue weighted by molar-refractivity contribution is -0.463. The van der Waals surface area contributed by atoms with E-state index in [0.29, 0.717) is 0 Å². The molecular formula is C7H4F9IO2. The first-order valence-electron chi connectivity index (χ1n) is 4.39. The first kappa shape index (κ1) is 17.1. The van der Waals surface area contributed by atoms with Gasteiger partial charge in [0.05, 0.1) is 0 Å². The lowest BCUT2D eigenvalue weighted by Gasteiger charge is -2.31. The SMILES string of the molecule is FC(F)(F)C1(C(F)(F)F)OC(F)(F)C(F)(CCI)O1. The molecule has 0 N–H and O–H groups in total. The summed E-state index contributed by atoms with van der Waals surface area (Å²) >= 11 is 1.29.